The summed E-state index contributed by atoms with van der Waals surface area (Å²) >= 11 is 0. The molecule has 1 aliphatic rings. The molecule has 3 heterocycles. The average Bonchev–Trinajstić information content (AvgIpc) is 3.20. The van der Waals surface area contributed by atoms with Crippen molar-refractivity contribution in [1.82, 2.24) is 25.3 Å². The molecule has 0 aliphatic carbocycles. The molecule has 1 N–H and O–H groups in total. The first-order chi connectivity index (χ1) is 13.6. The second kappa shape index (κ2) is 10.3. The summed E-state index contributed by atoms with van der Waals surface area (Å²) in [4.78, 5) is 23.1. The fourth-order valence-corrected chi connectivity index (χ4v) is 3.36. The van der Waals surface area contributed by atoms with E-state index in [0.29, 0.717) is 43.1 Å². The van der Waals surface area contributed by atoms with Crippen molar-refractivity contribution in [2.45, 2.75) is 39.2 Å². The molecule has 2 aromatic rings. The second-order valence-corrected chi connectivity index (χ2v) is 7.48. The van der Waals surface area contributed by atoms with Crippen LogP contribution in [0, 0.1) is 5.92 Å². The Morgan fingerprint density at radius 3 is 2.71 bits per heavy atom. The number of nitrogens with one attached hydrogen (secondary N) is 1. The summed E-state index contributed by atoms with van der Waals surface area (Å²) in [5, 5.41) is 7.04. The van der Waals surface area contributed by atoms with Gasteiger partial charge in [0.1, 0.15) is 0 Å². The number of morpholine rings is 1. The Morgan fingerprint density at radius 2 is 2.00 bits per heavy atom. The molecule has 8 nitrogen and oxygen atoms in total. The van der Waals surface area contributed by atoms with Crippen LogP contribution in [0.15, 0.2) is 29.0 Å². The van der Waals surface area contributed by atoms with Gasteiger partial charge in [0.25, 0.3) is 0 Å². The van der Waals surface area contributed by atoms with Crippen LogP contribution in [0.25, 0.3) is 11.4 Å². The van der Waals surface area contributed by atoms with Gasteiger partial charge >= 0.3 is 0 Å². The molecule has 0 saturated carbocycles. The molecule has 1 saturated heterocycles. The Bertz CT molecular complexity index is 728. The molecule has 0 bridgehead atoms. The quantitative estimate of drug-likeness (QED) is 0.703. The fourth-order valence-electron chi connectivity index (χ4n) is 3.36. The van der Waals surface area contributed by atoms with E-state index in [9.17, 15) is 4.79 Å². The number of hydrogen-bond acceptors (Lipinski definition) is 7. The van der Waals surface area contributed by atoms with Gasteiger partial charge in [-0.1, -0.05) is 19.0 Å². The topological polar surface area (TPSA) is 93.4 Å². The molecule has 8 heteroatoms. The lowest BCUT2D eigenvalue weighted by molar-refractivity contribution is -0.121. The maximum atomic E-state index is 12.3. The maximum Gasteiger partial charge on any atom is 0.227 e. The highest BCUT2D eigenvalue weighted by atomic mass is 16.5. The molecular formula is C20H29N5O3. The lowest BCUT2D eigenvalue weighted by atomic mass is 10.0. The van der Waals surface area contributed by atoms with E-state index in [2.05, 4.69) is 39.2 Å². The third-order valence-corrected chi connectivity index (χ3v) is 4.81. The van der Waals surface area contributed by atoms with Gasteiger partial charge in [-0.3, -0.25) is 14.7 Å². The molecule has 0 aromatic carbocycles. The lowest BCUT2D eigenvalue weighted by Crippen LogP contribution is -2.49. The molecule has 2 aromatic heterocycles. The van der Waals surface area contributed by atoms with Crippen LogP contribution in [-0.4, -0.2) is 64.8 Å². The van der Waals surface area contributed by atoms with Gasteiger partial charge in [0.05, 0.1) is 13.2 Å². The fraction of sp³-hybridized carbons (Fsp3) is 0.600. The van der Waals surface area contributed by atoms with E-state index in [-0.39, 0.29) is 5.91 Å². The summed E-state index contributed by atoms with van der Waals surface area (Å²) in [5.74, 6) is 1.57. The minimum Gasteiger partial charge on any atom is -0.379 e. The molecule has 1 atom stereocenters. The van der Waals surface area contributed by atoms with Crippen molar-refractivity contribution in [3.63, 3.8) is 0 Å². The van der Waals surface area contributed by atoms with Gasteiger partial charge in [0.2, 0.25) is 17.6 Å². The van der Waals surface area contributed by atoms with Crippen LogP contribution in [0.5, 0.6) is 0 Å². The number of nitrogens with zero attached hydrogens (tertiary/aromatic N) is 4. The monoisotopic (exact) mass is 387 g/mol. The number of rotatable bonds is 9. The first-order valence-corrected chi connectivity index (χ1v) is 9.93. The molecule has 0 radical (unpaired) electrons. The molecule has 1 aliphatic heterocycles. The van der Waals surface area contributed by atoms with Crippen molar-refractivity contribution >= 4 is 5.91 Å². The Morgan fingerprint density at radius 1 is 1.25 bits per heavy atom. The Kier molecular flexibility index (Phi) is 7.50. The third kappa shape index (κ3) is 6.10. The van der Waals surface area contributed by atoms with Crippen LogP contribution >= 0.6 is 0 Å². The molecule has 1 amide bonds. The zero-order valence-electron chi connectivity index (χ0n) is 16.6. The van der Waals surface area contributed by atoms with Crippen LogP contribution in [0.1, 0.15) is 32.6 Å². The predicted molar refractivity (Wildman–Crippen MR) is 104 cm³/mol. The summed E-state index contributed by atoms with van der Waals surface area (Å²) < 4.78 is 10.7. The Hall–Kier alpha value is -2.32. The molecule has 152 valence electrons. The summed E-state index contributed by atoms with van der Waals surface area (Å²) in [6.45, 7) is 8.46. The summed E-state index contributed by atoms with van der Waals surface area (Å²) in [7, 11) is 0. The van der Waals surface area contributed by atoms with Gasteiger partial charge in [-0.15, -0.1) is 0 Å². The first-order valence-electron chi connectivity index (χ1n) is 9.93. The van der Waals surface area contributed by atoms with Crippen LogP contribution in [0.3, 0.4) is 0 Å². The zero-order valence-corrected chi connectivity index (χ0v) is 16.6. The lowest BCUT2D eigenvalue weighted by Gasteiger charge is -2.35. The molecule has 1 unspecified atom stereocenters. The van der Waals surface area contributed by atoms with Gasteiger partial charge in [0, 0.05) is 56.5 Å². The predicted octanol–water partition coefficient (Wildman–Crippen LogP) is 1.93. The number of pyridine rings is 1. The highest BCUT2D eigenvalue weighted by molar-refractivity contribution is 5.76. The van der Waals surface area contributed by atoms with Gasteiger partial charge in [-0.05, 0) is 24.5 Å². The largest absolute Gasteiger partial charge is 0.379 e. The minimum atomic E-state index is 0.00526. The van der Waals surface area contributed by atoms with Crippen molar-refractivity contribution in [2.24, 2.45) is 5.92 Å². The number of ether oxygens (including phenoxy) is 1. The Balaban J connectivity index is 1.46. The standard InChI is InChI=1S/C20H29N5O3/c1-15(2)13-17(25-9-11-27-12-10-25)14-22-18(26)3-4-19-23-20(24-28-19)16-5-7-21-8-6-16/h5-8,15,17H,3-4,9-14H2,1-2H3,(H,22,26). The van der Waals surface area contributed by atoms with Crippen molar-refractivity contribution in [3.05, 3.63) is 30.4 Å². The van der Waals surface area contributed by atoms with E-state index in [0.717, 1.165) is 38.3 Å². The smallest absolute Gasteiger partial charge is 0.227 e. The van der Waals surface area contributed by atoms with Crippen molar-refractivity contribution in [3.8, 4) is 11.4 Å². The minimum absolute atomic E-state index is 0.00526. The average molecular weight is 387 g/mol. The second-order valence-electron chi connectivity index (χ2n) is 7.48. The van der Waals surface area contributed by atoms with E-state index in [1.807, 2.05) is 12.1 Å². The number of carbonyl (C=O) groups is 1. The normalized spacial score (nSPS) is 16.2. The highest BCUT2D eigenvalue weighted by Crippen LogP contribution is 2.15. The molecule has 28 heavy (non-hydrogen) atoms. The molecule has 1 fully saturated rings. The van der Waals surface area contributed by atoms with Crippen LogP contribution in [0.2, 0.25) is 0 Å². The van der Waals surface area contributed by atoms with Gasteiger partial charge < -0.3 is 14.6 Å². The van der Waals surface area contributed by atoms with Crippen LogP contribution in [0.4, 0.5) is 0 Å². The number of aromatic nitrogens is 3. The molecule has 0 spiro atoms. The number of carbonyl (C=O) groups excluding carboxylic acids is 1. The van der Waals surface area contributed by atoms with E-state index in [4.69, 9.17) is 9.26 Å². The maximum absolute atomic E-state index is 12.3. The SMILES string of the molecule is CC(C)CC(CNC(=O)CCc1nc(-c2ccncc2)no1)N1CCOCC1. The van der Waals surface area contributed by atoms with Gasteiger partial charge in [-0.25, -0.2) is 0 Å². The summed E-state index contributed by atoms with van der Waals surface area (Å²) in [6.07, 6.45) is 5.17. The Labute approximate surface area is 165 Å². The van der Waals surface area contributed by atoms with Gasteiger partial charge in [-0.2, -0.15) is 4.98 Å². The number of aryl methyl sites for hydroxylation is 1. The van der Waals surface area contributed by atoms with E-state index in [1.54, 1.807) is 12.4 Å². The summed E-state index contributed by atoms with van der Waals surface area (Å²) in [5.41, 5.74) is 0.844. The number of hydrogen-bond donors (Lipinski definition) is 1. The van der Waals surface area contributed by atoms with Crippen LogP contribution in [-0.2, 0) is 16.0 Å². The molecule has 3 rings (SSSR count). The van der Waals surface area contributed by atoms with E-state index in [1.165, 1.54) is 0 Å². The summed E-state index contributed by atoms with van der Waals surface area (Å²) in [6, 6.07) is 3.98. The van der Waals surface area contributed by atoms with Gasteiger partial charge in [0.15, 0.2) is 0 Å². The molecular weight excluding hydrogens is 358 g/mol. The zero-order chi connectivity index (χ0) is 19.8. The van der Waals surface area contributed by atoms with E-state index < -0.39 is 0 Å². The van der Waals surface area contributed by atoms with Crippen molar-refractivity contribution < 1.29 is 14.1 Å². The highest BCUT2D eigenvalue weighted by Gasteiger charge is 2.22. The first kappa shape index (κ1) is 20.4. The van der Waals surface area contributed by atoms with E-state index >= 15 is 0 Å². The number of amides is 1. The van der Waals surface area contributed by atoms with Crippen LogP contribution < -0.4 is 5.32 Å². The van der Waals surface area contributed by atoms with Crippen molar-refractivity contribution in [2.75, 3.05) is 32.8 Å². The third-order valence-electron chi connectivity index (χ3n) is 4.81. The van der Waals surface area contributed by atoms with Crippen molar-refractivity contribution in [1.29, 1.82) is 0 Å².